The first-order valence-electron chi connectivity index (χ1n) is 7.28. The minimum atomic E-state index is 0.308. The lowest BCUT2D eigenvalue weighted by Crippen LogP contribution is -2.40. The Morgan fingerprint density at radius 3 is 2.63 bits per heavy atom. The van der Waals surface area contributed by atoms with E-state index in [0.29, 0.717) is 24.5 Å². The van der Waals surface area contributed by atoms with Gasteiger partial charge >= 0.3 is 0 Å². The molecule has 0 aliphatic heterocycles. The predicted molar refractivity (Wildman–Crippen MR) is 80.7 cm³/mol. The van der Waals surface area contributed by atoms with Crippen molar-refractivity contribution < 1.29 is 5.11 Å². The first-order chi connectivity index (χ1) is 9.19. The van der Waals surface area contributed by atoms with Crippen LogP contribution >= 0.6 is 11.6 Å². The summed E-state index contributed by atoms with van der Waals surface area (Å²) in [5.74, 6) is 1.14. The largest absolute Gasteiger partial charge is 0.396 e. The zero-order valence-electron chi connectivity index (χ0n) is 11.6. The molecule has 3 heteroatoms. The van der Waals surface area contributed by atoms with Crippen LogP contribution in [0.5, 0.6) is 0 Å². The van der Waals surface area contributed by atoms with Gasteiger partial charge in [-0.2, -0.15) is 0 Å². The third-order valence-electron chi connectivity index (χ3n) is 4.10. The summed E-state index contributed by atoms with van der Waals surface area (Å²) in [7, 11) is 0. The Hall–Kier alpha value is -0.570. The second kappa shape index (κ2) is 7.28. The SMILES string of the molecule is CC(CO)CCCNC1CC(c2ccc(Cl)cc2)C1. The van der Waals surface area contributed by atoms with Gasteiger partial charge in [-0.1, -0.05) is 30.7 Å². The van der Waals surface area contributed by atoms with Gasteiger partial charge in [0.15, 0.2) is 0 Å². The second-order valence-electron chi connectivity index (χ2n) is 5.80. The molecule has 19 heavy (non-hydrogen) atoms. The van der Waals surface area contributed by atoms with Crippen molar-refractivity contribution in [2.45, 2.75) is 44.6 Å². The summed E-state index contributed by atoms with van der Waals surface area (Å²) in [5, 5.41) is 13.4. The number of nitrogens with one attached hydrogen (secondary N) is 1. The predicted octanol–water partition coefficient (Wildman–Crippen LogP) is 3.58. The molecule has 0 saturated heterocycles. The molecule has 0 spiro atoms. The lowest BCUT2D eigenvalue weighted by atomic mass is 9.76. The van der Waals surface area contributed by atoms with E-state index in [1.165, 1.54) is 18.4 Å². The zero-order chi connectivity index (χ0) is 13.7. The van der Waals surface area contributed by atoms with Crippen molar-refractivity contribution in [1.82, 2.24) is 5.32 Å². The van der Waals surface area contributed by atoms with Gasteiger partial charge in [0.25, 0.3) is 0 Å². The van der Waals surface area contributed by atoms with E-state index >= 15 is 0 Å². The highest BCUT2D eigenvalue weighted by Crippen LogP contribution is 2.37. The zero-order valence-corrected chi connectivity index (χ0v) is 12.4. The molecule has 1 aromatic carbocycles. The summed E-state index contributed by atoms with van der Waals surface area (Å²) in [6.45, 7) is 3.48. The van der Waals surface area contributed by atoms with Crippen molar-refractivity contribution in [2.75, 3.05) is 13.2 Å². The van der Waals surface area contributed by atoms with Crippen LogP contribution < -0.4 is 5.32 Å². The Labute approximate surface area is 121 Å². The Kier molecular flexibility index (Phi) is 5.68. The van der Waals surface area contributed by atoms with Crippen LogP contribution in [0.2, 0.25) is 5.02 Å². The maximum atomic E-state index is 8.95. The van der Waals surface area contributed by atoms with Gasteiger partial charge < -0.3 is 10.4 Å². The summed E-state index contributed by atoms with van der Waals surface area (Å²) in [5.41, 5.74) is 1.41. The summed E-state index contributed by atoms with van der Waals surface area (Å²) >= 11 is 5.90. The standard InChI is InChI=1S/C16H24ClNO/c1-12(11-19)3-2-8-18-16-9-14(10-16)13-4-6-15(17)7-5-13/h4-7,12,14,16,18-19H,2-3,8-11H2,1H3. The van der Waals surface area contributed by atoms with E-state index in [4.69, 9.17) is 16.7 Å². The Morgan fingerprint density at radius 2 is 2.00 bits per heavy atom. The molecule has 0 aromatic heterocycles. The molecular formula is C16H24ClNO. The molecule has 1 saturated carbocycles. The van der Waals surface area contributed by atoms with Crippen LogP contribution in [0.1, 0.15) is 44.1 Å². The Balaban J connectivity index is 1.60. The normalized spacial score (nSPS) is 23.9. The van der Waals surface area contributed by atoms with Crippen LogP contribution in [-0.2, 0) is 0 Å². The van der Waals surface area contributed by atoms with Gasteiger partial charge in [-0.3, -0.25) is 0 Å². The molecule has 0 bridgehead atoms. The monoisotopic (exact) mass is 281 g/mol. The lowest BCUT2D eigenvalue weighted by molar-refractivity contribution is 0.225. The van der Waals surface area contributed by atoms with Crippen molar-refractivity contribution in [3.05, 3.63) is 34.9 Å². The first-order valence-corrected chi connectivity index (χ1v) is 7.66. The fourth-order valence-corrected chi connectivity index (χ4v) is 2.77. The molecule has 1 aromatic rings. The molecule has 2 nitrogen and oxygen atoms in total. The smallest absolute Gasteiger partial charge is 0.0456 e. The van der Waals surface area contributed by atoms with Crippen LogP contribution in [0.15, 0.2) is 24.3 Å². The van der Waals surface area contributed by atoms with Crippen LogP contribution in [0.3, 0.4) is 0 Å². The number of halogens is 1. The number of aliphatic hydroxyl groups is 1. The van der Waals surface area contributed by atoms with E-state index in [0.717, 1.165) is 24.4 Å². The van der Waals surface area contributed by atoms with Gasteiger partial charge in [-0.25, -0.2) is 0 Å². The average Bonchev–Trinajstić information content (AvgIpc) is 2.37. The van der Waals surface area contributed by atoms with Gasteiger partial charge in [0.1, 0.15) is 0 Å². The van der Waals surface area contributed by atoms with Crippen molar-refractivity contribution in [2.24, 2.45) is 5.92 Å². The van der Waals surface area contributed by atoms with E-state index in [1.807, 2.05) is 12.1 Å². The highest BCUT2D eigenvalue weighted by molar-refractivity contribution is 6.30. The van der Waals surface area contributed by atoms with Crippen LogP contribution in [0.25, 0.3) is 0 Å². The van der Waals surface area contributed by atoms with Crippen LogP contribution in [-0.4, -0.2) is 24.3 Å². The molecule has 1 aliphatic rings. The summed E-state index contributed by atoms with van der Waals surface area (Å²) in [6.07, 6.45) is 4.73. The first kappa shape index (κ1) is 14.8. The lowest BCUT2D eigenvalue weighted by Gasteiger charge is -2.36. The fraction of sp³-hybridized carbons (Fsp3) is 0.625. The third kappa shape index (κ3) is 4.48. The molecule has 0 heterocycles. The molecule has 106 valence electrons. The molecular weight excluding hydrogens is 258 g/mol. The Morgan fingerprint density at radius 1 is 1.32 bits per heavy atom. The molecule has 0 radical (unpaired) electrons. The topological polar surface area (TPSA) is 32.3 Å². The van der Waals surface area contributed by atoms with Crippen molar-refractivity contribution >= 4 is 11.6 Å². The van der Waals surface area contributed by atoms with Crippen LogP contribution in [0, 0.1) is 5.92 Å². The van der Waals surface area contributed by atoms with E-state index in [-0.39, 0.29) is 0 Å². The van der Waals surface area contributed by atoms with Crippen molar-refractivity contribution in [3.8, 4) is 0 Å². The number of rotatable bonds is 7. The van der Waals surface area contributed by atoms with E-state index in [2.05, 4.69) is 24.4 Å². The average molecular weight is 282 g/mol. The highest BCUT2D eigenvalue weighted by Gasteiger charge is 2.29. The quantitative estimate of drug-likeness (QED) is 0.749. The van der Waals surface area contributed by atoms with Gasteiger partial charge in [-0.05, 0) is 61.8 Å². The van der Waals surface area contributed by atoms with Gasteiger partial charge in [-0.15, -0.1) is 0 Å². The minimum absolute atomic E-state index is 0.308. The molecule has 2 rings (SSSR count). The molecule has 1 aliphatic carbocycles. The van der Waals surface area contributed by atoms with Gasteiger partial charge in [0.05, 0.1) is 0 Å². The minimum Gasteiger partial charge on any atom is -0.396 e. The van der Waals surface area contributed by atoms with E-state index in [1.54, 1.807) is 0 Å². The summed E-state index contributed by atoms with van der Waals surface area (Å²) in [4.78, 5) is 0. The maximum Gasteiger partial charge on any atom is 0.0456 e. The van der Waals surface area contributed by atoms with Gasteiger partial charge in [0, 0.05) is 17.7 Å². The number of benzene rings is 1. The number of aliphatic hydroxyl groups excluding tert-OH is 1. The van der Waals surface area contributed by atoms with Crippen LogP contribution in [0.4, 0.5) is 0 Å². The number of hydrogen-bond donors (Lipinski definition) is 2. The Bertz CT molecular complexity index is 373. The van der Waals surface area contributed by atoms with E-state index in [9.17, 15) is 0 Å². The molecule has 1 fully saturated rings. The van der Waals surface area contributed by atoms with E-state index < -0.39 is 0 Å². The van der Waals surface area contributed by atoms with Gasteiger partial charge in [0.2, 0.25) is 0 Å². The highest BCUT2D eigenvalue weighted by atomic mass is 35.5. The number of hydrogen-bond acceptors (Lipinski definition) is 2. The molecule has 0 amide bonds. The second-order valence-corrected chi connectivity index (χ2v) is 6.24. The van der Waals surface area contributed by atoms with Crippen molar-refractivity contribution in [1.29, 1.82) is 0 Å². The summed E-state index contributed by atoms with van der Waals surface area (Å²) in [6, 6.07) is 8.92. The fourth-order valence-electron chi connectivity index (χ4n) is 2.64. The van der Waals surface area contributed by atoms with Crippen molar-refractivity contribution in [3.63, 3.8) is 0 Å². The summed E-state index contributed by atoms with van der Waals surface area (Å²) < 4.78 is 0. The third-order valence-corrected chi connectivity index (χ3v) is 4.35. The molecule has 2 N–H and O–H groups in total. The maximum absolute atomic E-state index is 8.95. The molecule has 1 unspecified atom stereocenters. The molecule has 1 atom stereocenters.